The number of hydrogen-bond acceptors (Lipinski definition) is 3. The fourth-order valence-electron chi connectivity index (χ4n) is 3.43. The Morgan fingerprint density at radius 3 is 2.77 bits per heavy atom. The number of fused-ring (bicyclic) bond motifs is 1. The number of rotatable bonds is 2. The molecule has 0 unspecified atom stereocenters. The number of hydrogen-bond donors (Lipinski definition) is 2. The molecule has 0 aliphatic carbocycles. The van der Waals surface area contributed by atoms with E-state index in [0.717, 1.165) is 49.0 Å². The molecule has 2 amide bonds. The van der Waals surface area contributed by atoms with E-state index < -0.39 is 0 Å². The molecule has 0 bridgehead atoms. The second kappa shape index (κ2) is 6.38. The second-order valence-corrected chi connectivity index (χ2v) is 6.04. The highest BCUT2D eigenvalue weighted by Gasteiger charge is 2.28. The van der Waals surface area contributed by atoms with E-state index in [1.165, 1.54) is 0 Å². The molecule has 2 aliphatic rings. The lowest BCUT2D eigenvalue weighted by Gasteiger charge is -2.32. The highest BCUT2D eigenvalue weighted by atomic mass is 16.2. The summed E-state index contributed by atoms with van der Waals surface area (Å²) in [6, 6.07) is 5.92. The number of anilines is 1. The van der Waals surface area contributed by atoms with Crippen LogP contribution in [0.4, 0.5) is 5.69 Å². The summed E-state index contributed by atoms with van der Waals surface area (Å²) in [6.07, 6.45) is 3.52. The van der Waals surface area contributed by atoms with Gasteiger partial charge < -0.3 is 15.5 Å². The molecule has 5 heteroatoms. The van der Waals surface area contributed by atoms with Gasteiger partial charge in [0.25, 0.3) is 5.91 Å². The number of amides is 2. The molecule has 1 aromatic carbocycles. The molecular formula is C17H23N3O2. The number of benzene rings is 1. The van der Waals surface area contributed by atoms with Gasteiger partial charge in [0, 0.05) is 43.9 Å². The van der Waals surface area contributed by atoms with Crippen LogP contribution in [0.25, 0.3) is 0 Å². The minimum Gasteiger partial charge on any atom is -0.385 e. The molecule has 0 saturated carbocycles. The standard InChI is InChI=1S/C17H23N3O2/c1-18-16(21)12-7-10-20(11-8-12)17(22)14-4-2-6-15-13(14)5-3-9-19-15/h2,4,6,12,19H,3,5,7-11H2,1H3,(H,18,21). The van der Waals surface area contributed by atoms with Gasteiger partial charge >= 0.3 is 0 Å². The first-order valence-electron chi connectivity index (χ1n) is 8.07. The summed E-state index contributed by atoms with van der Waals surface area (Å²) in [5.41, 5.74) is 3.06. The maximum absolute atomic E-state index is 12.8. The zero-order valence-electron chi connectivity index (χ0n) is 13.0. The molecule has 2 N–H and O–H groups in total. The zero-order chi connectivity index (χ0) is 15.5. The first kappa shape index (κ1) is 14.9. The number of carbonyl (C=O) groups excluding carboxylic acids is 2. The molecule has 5 nitrogen and oxygen atoms in total. The number of nitrogens with one attached hydrogen (secondary N) is 2. The van der Waals surface area contributed by atoms with Crippen LogP contribution >= 0.6 is 0 Å². The molecule has 1 aromatic rings. The molecule has 1 saturated heterocycles. The first-order chi connectivity index (χ1) is 10.7. The summed E-state index contributed by atoms with van der Waals surface area (Å²) in [5.74, 6) is 0.240. The van der Waals surface area contributed by atoms with Crippen molar-refractivity contribution in [2.45, 2.75) is 25.7 Å². The van der Waals surface area contributed by atoms with Crippen LogP contribution in [0, 0.1) is 5.92 Å². The summed E-state index contributed by atoms with van der Waals surface area (Å²) < 4.78 is 0. The maximum atomic E-state index is 12.8. The van der Waals surface area contributed by atoms with Gasteiger partial charge in [0.15, 0.2) is 0 Å². The van der Waals surface area contributed by atoms with Gasteiger partial charge in [-0.3, -0.25) is 9.59 Å². The minimum absolute atomic E-state index is 0.0420. The van der Waals surface area contributed by atoms with Gasteiger partial charge in [0.1, 0.15) is 0 Å². The van der Waals surface area contributed by atoms with Crippen molar-refractivity contribution in [2.75, 3.05) is 32.0 Å². The van der Waals surface area contributed by atoms with Crippen LogP contribution in [0.5, 0.6) is 0 Å². The Hall–Kier alpha value is -2.04. The van der Waals surface area contributed by atoms with E-state index in [1.807, 2.05) is 23.1 Å². The molecule has 1 fully saturated rings. The molecule has 0 aromatic heterocycles. The van der Waals surface area contributed by atoms with Crippen LogP contribution in [0.1, 0.15) is 35.2 Å². The molecule has 118 valence electrons. The molecule has 0 spiro atoms. The van der Waals surface area contributed by atoms with Crippen LogP contribution in [-0.2, 0) is 11.2 Å². The summed E-state index contributed by atoms with van der Waals surface area (Å²) in [7, 11) is 1.67. The van der Waals surface area contributed by atoms with Gasteiger partial charge in [-0.25, -0.2) is 0 Å². The van der Waals surface area contributed by atoms with Gasteiger partial charge in [-0.15, -0.1) is 0 Å². The molecule has 0 radical (unpaired) electrons. The van der Waals surface area contributed by atoms with Crippen LogP contribution in [0.15, 0.2) is 18.2 Å². The van der Waals surface area contributed by atoms with Gasteiger partial charge in [0.2, 0.25) is 5.91 Å². The molecule has 0 atom stereocenters. The fourth-order valence-corrected chi connectivity index (χ4v) is 3.43. The van der Waals surface area contributed by atoms with Crippen molar-refractivity contribution in [2.24, 2.45) is 5.92 Å². The third-order valence-electron chi connectivity index (χ3n) is 4.72. The van der Waals surface area contributed by atoms with E-state index in [2.05, 4.69) is 10.6 Å². The van der Waals surface area contributed by atoms with Gasteiger partial charge in [-0.05, 0) is 43.4 Å². The van der Waals surface area contributed by atoms with Crippen molar-refractivity contribution >= 4 is 17.5 Å². The van der Waals surface area contributed by atoms with Crippen molar-refractivity contribution in [3.8, 4) is 0 Å². The Labute approximate surface area is 131 Å². The second-order valence-electron chi connectivity index (χ2n) is 6.04. The third-order valence-corrected chi connectivity index (χ3v) is 4.72. The van der Waals surface area contributed by atoms with E-state index in [9.17, 15) is 9.59 Å². The lowest BCUT2D eigenvalue weighted by atomic mass is 9.93. The van der Waals surface area contributed by atoms with Crippen molar-refractivity contribution in [3.63, 3.8) is 0 Å². The maximum Gasteiger partial charge on any atom is 0.254 e. The highest BCUT2D eigenvalue weighted by molar-refractivity contribution is 5.97. The van der Waals surface area contributed by atoms with Crippen LogP contribution in [-0.4, -0.2) is 43.4 Å². The number of nitrogens with zero attached hydrogens (tertiary/aromatic N) is 1. The predicted octanol–water partition coefficient (Wildman–Crippen LogP) is 1.64. The summed E-state index contributed by atoms with van der Waals surface area (Å²) >= 11 is 0. The normalized spacial score (nSPS) is 18.3. The molecule has 2 heterocycles. The van der Waals surface area contributed by atoms with Gasteiger partial charge in [-0.1, -0.05) is 6.07 Å². The van der Waals surface area contributed by atoms with E-state index in [4.69, 9.17) is 0 Å². The Bertz CT molecular complexity index is 577. The topological polar surface area (TPSA) is 61.4 Å². The first-order valence-corrected chi connectivity index (χ1v) is 8.07. The van der Waals surface area contributed by atoms with Gasteiger partial charge in [-0.2, -0.15) is 0 Å². The average molecular weight is 301 g/mol. The SMILES string of the molecule is CNC(=O)C1CCN(C(=O)c2cccc3c2CCCN3)CC1. The third kappa shape index (κ3) is 2.80. The fraction of sp³-hybridized carbons (Fsp3) is 0.529. The van der Waals surface area contributed by atoms with Crippen LogP contribution in [0.2, 0.25) is 0 Å². The molecule has 2 aliphatic heterocycles. The monoisotopic (exact) mass is 301 g/mol. The molecular weight excluding hydrogens is 278 g/mol. The zero-order valence-corrected chi connectivity index (χ0v) is 13.0. The van der Waals surface area contributed by atoms with E-state index in [-0.39, 0.29) is 17.7 Å². The lowest BCUT2D eigenvalue weighted by molar-refractivity contribution is -0.125. The van der Waals surface area contributed by atoms with Crippen molar-refractivity contribution in [1.82, 2.24) is 10.2 Å². The summed E-state index contributed by atoms with van der Waals surface area (Å²) in [6.45, 7) is 2.30. The molecule has 22 heavy (non-hydrogen) atoms. The number of likely N-dealkylation sites (tertiary alicyclic amines) is 1. The Kier molecular flexibility index (Phi) is 4.32. The van der Waals surface area contributed by atoms with E-state index >= 15 is 0 Å². The quantitative estimate of drug-likeness (QED) is 0.873. The summed E-state index contributed by atoms with van der Waals surface area (Å²) in [4.78, 5) is 26.4. The van der Waals surface area contributed by atoms with E-state index in [0.29, 0.717) is 13.1 Å². The van der Waals surface area contributed by atoms with Crippen molar-refractivity contribution < 1.29 is 9.59 Å². The number of carbonyl (C=O) groups is 2. The lowest BCUT2D eigenvalue weighted by Crippen LogP contribution is -2.42. The highest BCUT2D eigenvalue weighted by Crippen LogP contribution is 2.27. The van der Waals surface area contributed by atoms with Crippen LogP contribution in [0.3, 0.4) is 0 Å². The van der Waals surface area contributed by atoms with Crippen molar-refractivity contribution in [1.29, 1.82) is 0 Å². The molecule has 3 rings (SSSR count). The largest absolute Gasteiger partial charge is 0.385 e. The van der Waals surface area contributed by atoms with Crippen LogP contribution < -0.4 is 10.6 Å². The summed E-state index contributed by atoms with van der Waals surface area (Å²) in [5, 5.41) is 6.07. The Morgan fingerprint density at radius 2 is 2.05 bits per heavy atom. The number of piperidine rings is 1. The Morgan fingerprint density at radius 1 is 1.27 bits per heavy atom. The predicted molar refractivity (Wildman–Crippen MR) is 85.9 cm³/mol. The Balaban J connectivity index is 1.72. The minimum atomic E-state index is 0.0420. The smallest absolute Gasteiger partial charge is 0.254 e. The average Bonchev–Trinajstić information content (AvgIpc) is 2.60. The van der Waals surface area contributed by atoms with Crippen molar-refractivity contribution in [3.05, 3.63) is 29.3 Å². The van der Waals surface area contributed by atoms with E-state index in [1.54, 1.807) is 7.05 Å². The van der Waals surface area contributed by atoms with Gasteiger partial charge in [0.05, 0.1) is 0 Å².